The van der Waals surface area contributed by atoms with E-state index in [2.05, 4.69) is 46.5 Å². The van der Waals surface area contributed by atoms with Crippen molar-refractivity contribution in [3.8, 4) is 11.5 Å². The molecule has 0 saturated carbocycles. The Morgan fingerprint density at radius 3 is 2.62 bits per heavy atom. The number of amides is 1. The molecule has 2 aromatic carbocycles. The predicted octanol–water partition coefficient (Wildman–Crippen LogP) is 3.79. The van der Waals surface area contributed by atoms with Gasteiger partial charge in [0, 0.05) is 25.2 Å². The van der Waals surface area contributed by atoms with E-state index < -0.39 is 0 Å². The van der Waals surface area contributed by atoms with Gasteiger partial charge in [-0.05, 0) is 45.0 Å². The quantitative estimate of drug-likeness (QED) is 0.603. The van der Waals surface area contributed by atoms with E-state index >= 15 is 0 Å². The average Bonchev–Trinajstić information content (AvgIpc) is 3.07. The van der Waals surface area contributed by atoms with Crippen molar-refractivity contribution in [3.63, 3.8) is 0 Å². The van der Waals surface area contributed by atoms with Crippen molar-refractivity contribution in [1.29, 1.82) is 0 Å². The lowest BCUT2D eigenvalue weighted by Crippen LogP contribution is -2.34. The van der Waals surface area contributed by atoms with Gasteiger partial charge >= 0.3 is 0 Å². The van der Waals surface area contributed by atoms with Gasteiger partial charge in [-0.3, -0.25) is 4.79 Å². The van der Waals surface area contributed by atoms with Gasteiger partial charge in [-0.2, -0.15) is 0 Å². The Morgan fingerprint density at radius 2 is 1.86 bits per heavy atom. The highest BCUT2D eigenvalue weighted by Crippen LogP contribution is 2.22. The van der Waals surface area contributed by atoms with Gasteiger partial charge in [-0.25, -0.2) is 4.98 Å². The molecule has 3 rings (SSSR count). The van der Waals surface area contributed by atoms with Crippen LogP contribution in [0.5, 0.6) is 0 Å². The summed E-state index contributed by atoms with van der Waals surface area (Å²) in [4.78, 5) is 19.1. The summed E-state index contributed by atoms with van der Waals surface area (Å²) >= 11 is 0. The first-order valence-electron chi connectivity index (χ1n) is 10.0. The molecule has 0 aliphatic carbocycles. The molecule has 0 spiro atoms. The number of nitrogens with zero attached hydrogens (tertiary/aromatic N) is 2. The lowest BCUT2D eigenvalue weighted by atomic mass is 10.1. The Bertz CT molecular complexity index is 934. The molecule has 0 saturated heterocycles. The topological polar surface area (TPSA) is 58.4 Å². The van der Waals surface area contributed by atoms with Crippen molar-refractivity contribution < 1.29 is 9.21 Å². The third kappa shape index (κ3) is 6.29. The molecule has 0 bridgehead atoms. The third-order valence-corrected chi connectivity index (χ3v) is 4.93. The number of hydrogen-bond donors (Lipinski definition) is 1. The maximum atomic E-state index is 12.3. The fraction of sp³-hybridized carbons (Fsp3) is 0.333. The van der Waals surface area contributed by atoms with Gasteiger partial charge in [0.05, 0.1) is 12.1 Å². The second-order valence-electron chi connectivity index (χ2n) is 7.46. The zero-order valence-corrected chi connectivity index (χ0v) is 17.4. The van der Waals surface area contributed by atoms with Gasteiger partial charge in [0.15, 0.2) is 0 Å². The summed E-state index contributed by atoms with van der Waals surface area (Å²) < 4.78 is 5.77. The maximum absolute atomic E-state index is 12.3. The first-order chi connectivity index (χ1) is 14.0. The van der Waals surface area contributed by atoms with Crippen LogP contribution in [0.15, 0.2) is 59.0 Å². The summed E-state index contributed by atoms with van der Waals surface area (Å²) in [5.74, 6) is 1.22. The van der Waals surface area contributed by atoms with Crippen molar-refractivity contribution in [3.05, 3.63) is 77.2 Å². The highest BCUT2D eigenvalue weighted by Gasteiger charge is 2.14. The van der Waals surface area contributed by atoms with E-state index in [1.807, 2.05) is 44.2 Å². The lowest BCUT2D eigenvalue weighted by molar-refractivity contribution is -0.120. The van der Waals surface area contributed by atoms with Gasteiger partial charge in [0.2, 0.25) is 11.8 Å². The number of benzene rings is 2. The molecule has 152 valence electrons. The third-order valence-electron chi connectivity index (χ3n) is 4.93. The molecule has 5 nitrogen and oxygen atoms in total. The average molecular weight is 392 g/mol. The standard InChI is InChI=1S/C24H29N3O2/c1-18-8-7-11-21(16-18)24-26-22(19(2)29-24)17-23(28)25-13-15-27(3)14-12-20-9-5-4-6-10-20/h4-11,16H,12-15,17H2,1-3H3,(H,25,28). The summed E-state index contributed by atoms with van der Waals surface area (Å²) in [5, 5.41) is 2.98. The number of hydrogen-bond acceptors (Lipinski definition) is 4. The Kier molecular flexibility index (Phi) is 7.19. The van der Waals surface area contributed by atoms with Crippen molar-refractivity contribution in [1.82, 2.24) is 15.2 Å². The minimum absolute atomic E-state index is 0.0337. The summed E-state index contributed by atoms with van der Waals surface area (Å²) in [7, 11) is 2.07. The van der Waals surface area contributed by atoms with Crippen molar-refractivity contribution in [2.24, 2.45) is 0 Å². The monoisotopic (exact) mass is 391 g/mol. The number of carbonyl (C=O) groups is 1. The Balaban J connectivity index is 1.43. The van der Waals surface area contributed by atoms with E-state index in [0.717, 1.165) is 30.6 Å². The normalized spacial score (nSPS) is 11.0. The number of likely N-dealkylation sites (N-methyl/N-ethyl adjacent to an activating group) is 1. The minimum atomic E-state index is -0.0337. The number of oxazole rings is 1. The van der Waals surface area contributed by atoms with E-state index in [9.17, 15) is 4.79 Å². The zero-order valence-electron chi connectivity index (χ0n) is 17.4. The summed E-state index contributed by atoms with van der Waals surface area (Å²) in [6, 6.07) is 18.4. The molecule has 1 heterocycles. The van der Waals surface area contributed by atoms with Gasteiger partial charge < -0.3 is 14.6 Å². The number of rotatable bonds is 9. The number of aromatic nitrogens is 1. The largest absolute Gasteiger partial charge is 0.441 e. The van der Waals surface area contributed by atoms with E-state index in [1.54, 1.807) is 0 Å². The Morgan fingerprint density at radius 1 is 1.07 bits per heavy atom. The van der Waals surface area contributed by atoms with Crippen molar-refractivity contribution in [2.75, 3.05) is 26.7 Å². The predicted molar refractivity (Wildman–Crippen MR) is 116 cm³/mol. The molecule has 1 N–H and O–H groups in total. The Labute approximate surface area is 172 Å². The summed E-state index contributed by atoms with van der Waals surface area (Å²) in [6.07, 6.45) is 1.24. The number of aryl methyl sites for hydroxylation is 2. The molecular weight excluding hydrogens is 362 g/mol. The van der Waals surface area contributed by atoms with Crippen LogP contribution in [-0.4, -0.2) is 42.5 Å². The highest BCUT2D eigenvalue weighted by molar-refractivity contribution is 5.78. The summed E-state index contributed by atoms with van der Waals surface area (Å²) in [6.45, 7) is 6.27. The van der Waals surface area contributed by atoms with Crippen LogP contribution in [0, 0.1) is 13.8 Å². The van der Waals surface area contributed by atoms with E-state index in [4.69, 9.17) is 4.42 Å². The van der Waals surface area contributed by atoms with Crippen LogP contribution in [0.25, 0.3) is 11.5 Å². The molecule has 0 radical (unpaired) electrons. The molecule has 0 aliphatic rings. The molecule has 29 heavy (non-hydrogen) atoms. The molecule has 1 amide bonds. The van der Waals surface area contributed by atoms with Crippen molar-refractivity contribution in [2.45, 2.75) is 26.7 Å². The first-order valence-corrected chi connectivity index (χ1v) is 10.0. The van der Waals surface area contributed by atoms with Gasteiger partial charge in [0.25, 0.3) is 0 Å². The second-order valence-corrected chi connectivity index (χ2v) is 7.46. The molecule has 0 unspecified atom stereocenters. The van der Waals surface area contributed by atoms with Gasteiger partial charge in [0.1, 0.15) is 5.76 Å². The zero-order chi connectivity index (χ0) is 20.6. The number of carbonyl (C=O) groups excluding carboxylic acids is 1. The molecule has 0 atom stereocenters. The lowest BCUT2D eigenvalue weighted by Gasteiger charge is -2.16. The fourth-order valence-electron chi connectivity index (χ4n) is 3.17. The minimum Gasteiger partial charge on any atom is -0.441 e. The van der Waals surface area contributed by atoms with Gasteiger partial charge in [-0.15, -0.1) is 0 Å². The first kappa shape index (κ1) is 20.8. The van der Waals surface area contributed by atoms with Crippen LogP contribution < -0.4 is 5.32 Å². The molecule has 3 aromatic rings. The van der Waals surface area contributed by atoms with Gasteiger partial charge in [-0.1, -0.05) is 48.0 Å². The summed E-state index contributed by atoms with van der Waals surface area (Å²) in [5.41, 5.74) is 4.10. The second kappa shape index (κ2) is 10.0. The SMILES string of the molecule is Cc1cccc(-c2nc(CC(=O)NCCN(C)CCc3ccccc3)c(C)o2)c1. The smallest absolute Gasteiger partial charge is 0.226 e. The molecule has 5 heteroatoms. The van der Waals surface area contributed by atoms with Crippen LogP contribution in [0.4, 0.5) is 0 Å². The van der Waals surface area contributed by atoms with Crippen molar-refractivity contribution >= 4 is 5.91 Å². The fourth-order valence-corrected chi connectivity index (χ4v) is 3.17. The van der Waals surface area contributed by atoms with Crippen LogP contribution in [0.1, 0.15) is 22.6 Å². The maximum Gasteiger partial charge on any atom is 0.226 e. The van der Waals surface area contributed by atoms with Crippen LogP contribution in [0.3, 0.4) is 0 Å². The Hall–Kier alpha value is -2.92. The van der Waals surface area contributed by atoms with Crippen LogP contribution >= 0.6 is 0 Å². The van der Waals surface area contributed by atoms with E-state index in [0.29, 0.717) is 23.9 Å². The molecule has 1 aromatic heterocycles. The molecule has 0 fully saturated rings. The molecule has 0 aliphatic heterocycles. The van der Waals surface area contributed by atoms with E-state index in [1.165, 1.54) is 5.56 Å². The highest BCUT2D eigenvalue weighted by atomic mass is 16.4. The van der Waals surface area contributed by atoms with Crippen LogP contribution in [-0.2, 0) is 17.6 Å². The molecular formula is C24H29N3O2. The number of nitrogens with one attached hydrogen (secondary N) is 1. The van der Waals surface area contributed by atoms with Crippen LogP contribution in [0.2, 0.25) is 0 Å². The van der Waals surface area contributed by atoms with E-state index in [-0.39, 0.29) is 12.3 Å².